The molecule has 0 aromatic heterocycles. The van der Waals surface area contributed by atoms with Gasteiger partial charge in [-0.15, -0.1) is 0 Å². The van der Waals surface area contributed by atoms with Crippen LogP contribution in [0.15, 0.2) is 18.2 Å². The Kier molecular flexibility index (Phi) is 3.86. The van der Waals surface area contributed by atoms with Crippen molar-refractivity contribution in [3.63, 3.8) is 0 Å². The Balaban J connectivity index is 2.74. The lowest BCUT2D eigenvalue weighted by molar-refractivity contribution is 0.275. The highest BCUT2D eigenvalue weighted by atomic mass is 19.1. The molecule has 2 N–H and O–H groups in total. The topological polar surface area (TPSA) is 32.3 Å². The molecule has 0 heterocycles. The van der Waals surface area contributed by atoms with Crippen LogP contribution in [-0.2, 0) is 13.0 Å². The standard InChI is InChI=1S/C10H14FNO/c1-12-5-4-8-2-3-10(11)9(6-8)7-13/h2-3,6,12-13H,4-5,7H2,1H3. The first kappa shape index (κ1) is 10.2. The molecule has 0 amide bonds. The maximum Gasteiger partial charge on any atom is 0.128 e. The number of halogens is 1. The molecule has 3 heteroatoms. The molecule has 2 nitrogen and oxygen atoms in total. The van der Waals surface area contributed by atoms with Gasteiger partial charge in [0.15, 0.2) is 0 Å². The second-order valence-electron chi connectivity index (χ2n) is 2.94. The maximum atomic E-state index is 12.9. The highest BCUT2D eigenvalue weighted by Gasteiger charge is 2.01. The zero-order valence-corrected chi connectivity index (χ0v) is 7.68. The Hall–Kier alpha value is -0.930. The van der Waals surface area contributed by atoms with E-state index in [4.69, 9.17) is 5.11 Å². The molecular weight excluding hydrogens is 169 g/mol. The zero-order chi connectivity index (χ0) is 9.68. The first-order valence-electron chi connectivity index (χ1n) is 4.30. The van der Waals surface area contributed by atoms with E-state index in [0.717, 1.165) is 18.5 Å². The van der Waals surface area contributed by atoms with Crippen LogP contribution in [0.1, 0.15) is 11.1 Å². The van der Waals surface area contributed by atoms with Crippen LogP contribution >= 0.6 is 0 Å². The summed E-state index contributed by atoms with van der Waals surface area (Å²) in [6.07, 6.45) is 0.851. The van der Waals surface area contributed by atoms with Crippen molar-refractivity contribution >= 4 is 0 Å². The third-order valence-electron chi connectivity index (χ3n) is 1.94. The Bertz CT molecular complexity index is 276. The number of hydrogen-bond acceptors (Lipinski definition) is 2. The summed E-state index contributed by atoms with van der Waals surface area (Å²) in [4.78, 5) is 0. The van der Waals surface area contributed by atoms with Crippen LogP contribution in [0.25, 0.3) is 0 Å². The third-order valence-corrected chi connectivity index (χ3v) is 1.94. The number of nitrogens with one attached hydrogen (secondary N) is 1. The van der Waals surface area contributed by atoms with Crippen LogP contribution in [0, 0.1) is 5.82 Å². The highest BCUT2D eigenvalue weighted by Crippen LogP contribution is 2.10. The molecule has 0 atom stereocenters. The van der Waals surface area contributed by atoms with Gasteiger partial charge in [-0.25, -0.2) is 4.39 Å². The van der Waals surface area contributed by atoms with E-state index in [-0.39, 0.29) is 12.4 Å². The largest absolute Gasteiger partial charge is 0.392 e. The van der Waals surface area contributed by atoms with Crippen molar-refractivity contribution in [3.05, 3.63) is 35.1 Å². The molecule has 0 bridgehead atoms. The lowest BCUT2D eigenvalue weighted by Crippen LogP contribution is -2.10. The molecular formula is C10H14FNO. The van der Waals surface area contributed by atoms with Crippen molar-refractivity contribution < 1.29 is 9.50 Å². The van der Waals surface area contributed by atoms with E-state index >= 15 is 0 Å². The molecule has 1 rings (SSSR count). The normalized spacial score (nSPS) is 10.4. The van der Waals surface area contributed by atoms with Crippen molar-refractivity contribution in [3.8, 4) is 0 Å². The van der Waals surface area contributed by atoms with Crippen molar-refractivity contribution in [1.29, 1.82) is 0 Å². The van der Waals surface area contributed by atoms with Crippen molar-refractivity contribution in [2.45, 2.75) is 13.0 Å². The molecule has 0 saturated carbocycles. The summed E-state index contributed by atoms with van der Waals surface area (Å²) in [5, 5.41) is 11.8. The summed E-state index contributed by atoms with van der Waals surface area (Å²) in [6, 6.07) is 4.84. The second kappa shape index (κ2) is 4.94. The summed E-state index contributed by atoms with van der Waals surface area (Å²) >= 11 is 0. The highest BCUT2D eigenvalue weighted by molar-refractivity contribution is 5.24. The van der Waals surface area contributed by atoms with Crippen LogP contribution in [0.2, 0.25) is 0 Å². The van der Waals surface area contributed by atoms with Gasteiger partial charge in [0.1, 0.15) is 5.82 Å². The SMILES string of the molecule is CNCCc1ccc(F)c(CO)c1. The fraction of sp³-hybridized carbons (Fsp3) is 0.400. The van der Waals surface area contributed by atoms with E-state index in [1.165, 1.54) is 6.07 Å². The van der Waals surface area contributed by atoms with Crippen molar-refractivity contribution in [1.82, 2.24) is 5.32 Å². The van der Waals surface area contributed by atoms with Gasteiger partial charge in [0.25, 0.3) is 0 Å². The Morgan fingerprint density at radius 3 is 2.85 bits per heavy atom. The van der Waals surface area contributed by atoms with Gasteiger partial charge in [0.2, 0.25) is 0 Å². The molecule has 0 saturated heterocycles. The smallest absolute Gasteiger partial charge is 0.128 e. The van der Waals surface area contributed by atoms with Crippen LogP contribution < -0.4 is 5.32 Å². The van der Waals surface area contributed by atoms with Crippen LogP contribution in [0.3, 0.4) is 0 Å². The van der Waals surface area contributed by atoms with Crippen molar-refractivity contribution in [2.75, 3.05) is 13.6 Å². The van der Waals surface area contributed by atoms with Gasteiger partial charge in [-0.05, 0) is 31.6 Å². The number of benzene rings is 1. The first-order chi connectivity index (χ1) is 6.27. The van der Waals surface area contributed by atoms with Gasteiger partial charge >= 0.3 is 0 Å². The predicted molar refractivity (Wildman–Crippen MR) is 50.0 cm³/mol. The minimum Gasteiger partial charge on any atom is -0.392 e. The summed E-state index contributed by atoms with van der Waals surface area (Å²) in [5.74, 6) is -0.337. The molecule has 0 unspecified atom stereocenters. The molecule has 1 aromatic rings. The average molecular weight is 183 g/mol. The number of hydrogen-bond donors (Lipinski definition) is 2. The number of likely N-dealkylation sites (N-methyl/N-ethyl adjacent to an activating group) is 1. The molecule has 0 radical (unpaired) electrons. The van der Waals surface area contributed by atoms with Gasteiger partial charge < -0.3 is 10.4 Å². The number of aliphatic hydroxyl groups excluding tert-OH is 1. The molecule has 0 spiro atoms. The van der Waals surface area contributed by atoms with Gasteiger partial charge in [0.05, 0.1) is 6.61 Å². The third kappa shape index (κ3) is 2.79. The quantitative estimate of drug-likeness (QED) is 0.732. The molecule has 1 aromatic carbocycles. The van der Waals surface area contributed by atoms with E-state index in [1.54, 1.807) is 12.1 Å². The number of rotatable bonds is 4. The van der Waals surface area contributed by atoms with Crippen LogP contribution in [0.5, 0.6) is 0 Å². The summed E-state index contributed by atoms with van der Waals surface area (Å²) in [6.45, 7) is 0.621. The zero-order valence-electron chi connectivity index (χ0n) is 7.68. The van der Waals surface area contributed by atoms with E-state index in [0.29, 0.717) is 5.56 Å². The van der Waals surface area contributed by atoms with E-state index in [1.807, 2.05) is 7.05 Å². The molecule has 0 aliphatic rings. The molecule has 72 valence electrons. The fourth-order valence-corrected chi connectivity index (χ4v) is 1.17. The Morgan fingerprint density at radius 2 is 2.23 bits per heavy atom. The molecule has 0 aliphatic heterocycles. The van der Waals surface area contributed by atoms with Gasteiger partial charge in [-0.3, -0.25) is 0 Å². The maximum absolute atomic E-state index is 12.9. The minimum atomic E-state index is -0.337. The van der Waals surface area contributed by atoms with Gasteiger partial charge in [-0.2, -0.15) is 0 Å². The van der Waals surface area contributed by atoms with E-state index < -0.39 is 0 Å². The van der Waals surface area contributed by atoms with Gasteiger partial charge in [-0.1, -0.05) is 12.1 Å². The monoisotopic (exact) mass is 183 g/mol. The predicted octanol–water partition coefficient (Wildman–Crippen LogP) is 1.08. The number of aliphatic hydroxyl groups is 1. The van der Waals surface area contributed by atoms with E-state index in [2.05, 4.69) is 5.32 Å². The van der Waals surface area contributed by atoms with Gasteiger partial charge in [0, 0.05) is 5.56 Å². The second-order valence-corrected chi connectivity index (χ2v) is 2.94. The first-order valence-corrected chi connectivity index (χ1v) is 4.30. The minimum absolute atomic E-state index is 0.237. The Morgan fingerprint density at radius 1 is 1.46 bits per heavy atom. The van der Waals surface area contributed by atoms with Crippen LogP contribution in [0.4, 0.5) is 4.39 Å². The lowest BCUT2D eigenvalue weighted by Gasteiger charge is -2.04. The summed E-state index contributed by atoms with van der Waals surface area (Å²) in [5.41, 5.74) is 1.41. The fourth-order valence-electron chi connectivity index (χ4n) is 1.17. The Labute approximate surface area is 77.4 Å². The molecule has 0 fully saturated rings. The van der Waals surface area contributed by atoms with Crippen molar-refractivity contribution in [2.24, 2.45) is 0 Å². The lowest BCUT2D eigenvalue weighted by atomic mass is 10.1. The molecule has 0 aliphatic carbocycles. The average Bonchev–Trinajstić information content (AvgIpc) is 2.16. The van der Waals surface area contributed by atoms with E-state index in [9.17, 15) is 4.39 Å². The summed E-state index contributed by atoms with van der Waals surface area (Å²) in [7, 11) is 1.87. The molecule has 13 heavy (non-hydrogen) atoms. The van der Waals surface area contributed by atoms with Crippen LogP contribution in [-0.4, -0.2) is 18.7 Å². The summed E-state index contributed by atoms with van der Waals surface area (Å²) < 4.78 is 12.9.